The molecule has 2 aromatic heterocycles. The van der Waals surface area contributed by atoms with Gasteiger partial charge in [-0.2, -0.15) is 0 Å². The van der Waals surface area contributed by atoms with Crippen LogP contribution in [-0.2, 0) is 0 Å². The van der Waals surface area contributed by atoms with Gasteiger partial charge in [-0.3, -0.25) is 0 Å². The summed E-state index contributed by atoms with van der Waals surface area (Å²) >= 11 is 3.54. The second-order valence-corrected chi connectivity index (χ2v) is 5.60. The number of hydrogen-bond acceptors (Lipinski definition) is 2. The number of halogens is 1. The van der Waals surface area contributed by atoms with Crippen molar-refractivity contribution in [3.63, 3.8) is 0 Å². The van der Waals surface area contributed by atoms with E-state index in [1.807, 2.05) is 24.3 Å². The summed E-state index contributed by atoms with van der Waals surface area (Å²) in [7, 11) is 0. The van der Waals surface area contributed by atoms with Crippen LogP contribution in [0.15, 0.2) is 40.9 Å². The van der Waals surface area contributed by atoms with Crippen molar-refractivity contribution in [1.82, 2.24) is 15.0 Å². The minimum Gasteiger partial charge on any atom is -0.338 e. The predicted octanol–water partition coefficient (Wildman–Crippen LogP) is 4.34. The Kier molecular flexibility index (Phi) is 2.17. The normalized spacial score (nSPS) is 11.7. The van der Waals surface area contributed by atoms with Crippen LogP contribution in [0.4, 0.5) is 0 Å². The van der Waals surface area contributed by atoms with Gasteiger partial charge in [0.15, 0.2) is 5.65 Å². The van der Waals surface area contributed by atoms with Gasteiger partial charge in [-0.15, -0.1) is 0 Å². The molecule has 3 nitrogen and oxygen atoms in total. The van der Waals surface area contributed by atoms with E-state index in [-0.39, 0.29) is 0 Å². The lowest BCUT2D eigenvalue weighted by Gasteiger charge is -1.98. The number of para-hydroxylation sites is 2. The molecule has 92 valence electrons. The topological polar surface area (TPSA) is 41.6 Å². The minimum absolute atomic E-state index is 0.843. The van der Waals surface area contributed by atoms with Crippen molar-refractivity contribution >= 4 is 49.0 Å². The first-order valence-corrected chi connectivity index (χ1v) is 6.86. The second kappa shape index (κ2) is 3.78. The molecule has 0 atom stereocenters. The average molecular weight is 312 g/mol. The highest BCUT2D eigenvalue weighted by Gasteiger charge is 2.10. The summed E-state index contributed by atoms with van der Waals surface area (Å²) in [6, 6.07) is 12.1. The van der Waals surface area contributed by atoms with Gasteiger partial charge in [-0.25, -0.2) is 9.97 Å². The molecule has 0 spiro atoms. The molecular weight excluding hydrogens is 302 g/mol. The van der Waals surface area contributed by atoms with E-state index < -0.39 is 0 Å². The molecule has 4 aromatic rings. The van der Waals surface area contributed by atoms with Gasteiger partial charge in [0.25, 0.3) is 0 Å². The van der Waals surface area contributed by atoms with Crippen molar-refractivity contribution in [3.05, 3.63) is 46.4 Å². The average Bonchev–Trinajstić information content (AvgIpc) is 2.74. The number of H-pyrrole nitrogens is 1. The Morgan fingerprint density at radius 3 is 2.58 bits per heavy atom. The number of aryl methyl sites for hydroxylation is 1. The number of nitrogens with one attached hydrogen (secondary N) is 1. The second-order valence-electron chi connectivity index (χ2n) is 4.68. The summed E-state index contributed by atoms with van der Waals surface area (Å²) < 4.78 is 1.06. The summed E-state index contributed by atoms with van der Waals surface area (Å²) in [4.78, 5) is 12.8. The van der Waals surface area contributed by atoms with E-state index in [1.165, 1.54) is 5.56 Å². The summed E-state index contributed by atoms with van der Waals surface area (Å²) in [6.07, 6.45) is 0. The molecule has 4 rings (SSSR count). The summed E-state index contributed by atoms with van der Waals surface area (Å²) in [6.45, 7) is 2.09. The van der Waals surface area contributed by atoms with Gasteiger partial charge in [0.05, 0.1) is 16.6 Å². The minimum atomic E-state index is 0.843. The van der Waals surface area contributed by atoms with Crippen LogP contribution < -0.4 is 0 Å². The van der Waals surface area contributed by atoms with Crippen LogP contribution in [0.25, 0.3) is 33.1 Å². The fraction of sp³-hybridized carbons (Fsp3) is 0.0667. The number of fused-ring (bicyclic) bond motifs is 4. The molecule has 0 fully saturated rings. The highest BCUT2D eigenvalue weighted by Crippen LogP contribution is 2.29. The molecule has 0 radical (unpaired) electrons. The number of rotatable bonds is 0. The maximum Gasteiger partial charge on any atom is 0.157 e. The molecule has 1 N–H and O–H groups in total. The molecular formula is C15H10BrN3. The first kappa shape index (κ1) is 10.9. The lowest BCUT2D eigenvalue weighted by molar-refractivity contribution is 1.35. The van der Waals surface area contributed by atoms with Gasteiger partial charge in [0, 0.05) is 9.86 Å². The van der Waals surface area contributed by atoms with Gasteiger partial charge in [-0.1, -0.05) is 28.1 Å². The maximum atomic E-state index is 4.73. The molecule has 4 heteroatoms. The standard InChI is InChI=1S/C15H10BrN3/c1-8-6-9(16)7-10-13(8)19-15-14(10)17-11-4-2-3-5-12(11)18-15/h2-7H,1H3,(H,18,19). The van der Waals surface area contributed by atoms with Crippen molar-refractivity contribution in [2.45, 2.75) is 6.92 Å². The molecule has 0 saturated carbocycles. The fourth-order valence-corrected chi connectivity index (χ4v) is 3.06. The molecule has 2 aromatic carbocycles. The lowest BCUT2D eigenvalue weighted by atomic mass is 10.1. The monoisotopic (exact) mass is 311 g/mol. The Morgan fingerprint density at radius 2 is 1.79 bits per heavy atom. The van der Waals surface area contributed by atoms with Gasteiger partial charge < -0.3 is 4.98 Å². The Bertz CT molecular complexity index is 940. The molecule has 0 aliphatic carbocycles. The number of nitrogens with zero attached hydrogens (tertiary/aromatic N) is 2. The molecule has 0 saturated heterocycles. The van der Waals surface area contributed by atoms with Crippen LogP contribution in [0.5, 0.6) is 0 Å². The van der Waals surface area contributed by atoms with Crippen LogP contribution in [0.3, 0.4) is 0 Å². The van der Waals surface area contributed by atoms with Gasteiger partial charge >= 0.3 is 0 Å². The zero-order chi connectivity index (χ0) is 13.0. The third-order valence-corrected chi connectivity index (χ3v) is 3.83. The Balaban J connectivity index is 2.26. The van der Waals surface area contributed by atoms with E-state index in [0.717, 1.165) is 37.6 Å². The molecule has 0 amide bonds. The van der Waals surface area contributed by atoms with Crippen molar-refractivity contribution in [1.29, 1.82) is 0 Å². The Morgan fingerprint density at radius 1 is 1.05 bits per heavy atom. The van der Waals surface area contributed by atoms with E-state index in [4.69, 9.17) is 4.98 Å². The van der Waals surface area contributed by atoms with Crippen molar-refractivity contribution in [3.8, 4) is 0 Å². The van der Waals surface area contributed by atoms with Crippen molar-refractivity contribution in [2.24, 2.45) is 0 Å². The Labute approximate surface area is 117 Å². The van der Waals surface area contributed by atoms with Crippen LogP contribution in [-0.4, -0.2) is 15.0 Å². The SMILES string of the molecule is Cc1cc(Br)cc2c1[nH]c1nc3ccccc3nc12. The van der Waals surface area contributed by atoms with E-state index >= 15 is 0 Å². The van der Waals surface area contributed by atoms with Gasteiger partial charge in [-0.05, 0) is 36.8 Å². The van der Waals surface area contributed by atoms with E-state index in [2.05, 4.69) is 45.0 Å². The van der Waals surface area contributed by atoms with Crippen LogP contribution in [0.2, 0.25) is 0 Å². The summed E-state index contributed by atoms with van der Waals surface area (Å²) in [5.74, 6) is 0. The fourth-order valence-electron chi connectivity index (χ4n) is 2.49. The highest BCUT2D eigenvalue weighted by atomic mass is 79.9. The summed E-state index contributed by atoms with van der Waals surface area (Å²) in [5.41, 5.74) is 5.90. The van der Waals surface area contributed by atoms with Crippen LogP contribution in [0.1, 0.15) is 5.56 Å². The quantitative estimate of drug-likeness (QED) is 0.525. The Hall–Kier alpha value is -1.94. The number of aromatic amines is 1. The molecule has 19 heavy (non-hydrogen) atoms. The maximum absolute atomic E-state index is 4.73. The van der Waals surface area contributed by atoms with Crippen molar-refractivity contribution < 1.29 is 0 Å². The molecule has 2 heterocycles. The molecule has 0 aliphatic heterocycles. The van der Waals surface area contributed by atoms with E-state index in [0.29, 0.717) is 0 Å². The summed E-state index contributed by atoms with van der Waals surface area (Å²) in [5, 5.41) is 1.11. The zero-order valence-electron chi connectivity index (χ0n) is 10.2. The largest absolute Gasteiger partial charge is 0.338 e. The number of benzene rings is 2. The van der Waals surface area contributed by atoms with Crippen molar-refractivity contribution in [2.75, 3.05) is 0 Å². The van der Waals surface area contributed by atoms with Gasteiger partial charge in [0.2, 0.25) is 0 Å². The number of aromatic nitrogens is 3. The third kappa shape index (κ3) is 1.56. The third-order valence-electron chi connectivity index (χ3n) is 3.37. The first-order chi connectivity index (χ1) is 9.22. The lowest BCUT2D eigenvalue weighted by Crippen LogP contribution is -1.84. The zero-order valence-corrected chi connectivity index (χ0v) is 11.8. The van der Waals surface area contributed by atoms with E-state index in [1.54, 1.807) is 0 Å². The predicted molar refractivity (Wildman–Crippen MR) is 81.3 cm³/mol. The van der Waals surface area contributed by atoms with Gasteiger partial charge in [0.1, 0.15) is 5.52 Å². The highest BCUT2D eigenvalue weighted by molar-refractivity contribution is 9.10. The molecule has 0 unspecified atom stereocenters. The smallest absolute Gasteiger partial charge is 0.157 e. The van der Waals surface area contributed by atoms with E-state index in [9.17, 15) is 0 Å². The molecule has 0 aliphatic rings. The van der Waals surface area contributed by atoms with Crippen LogP contribution in [0, 0.1) is 6.92 Å². The first-order valence-electron chi connectivity index (χ1n) is 6.07. The molecule has 0 bridgehead atoms. The number of hydrogen-bond donors (Lipinski definition) is 1. The van der Waals surface area contributed by atoms with Crippen LogP contribution >= 0.6 is 15.9 Å².